The van der Waals surface area contributed by atoms with Gasteiger partial charge in [-0.05, 0) is 307 Å². The highest BCUT2D eigenvalue weighted by Gasteiger charge is 2.35. The molecule has 3 fully saturated rings. The summed E-state index contributed by atoms with van der Waals surface area (Å²) in [6, 6.07) is 44.7. The molecular formula is C103H124O23. The Balaban J connectivity index is 0.000000263. The number of carboxylic acids is 1. The van der Waals surface area contributed by atoms with E-state index >= 15 is 0 Å². The number of carbonyl (C=O) groups excluding carboxylic acids is 8. The number of phenolic OH excluding ortho intramolecular Hbond substituents is 2. The lowest BCUT2D eigenvalue weighted by atomic mass is 9.87. The molecule has 3 N–H and O–H groups in total. The largest absolute Gasteiger partial charge is 0.508 e. The third-order valence-corrected chi connectivity index (χ3v) is 23.1. The monoisotopic (exact) mass is 1730 g/mol. The molecule has 0 amide bonds. The SMILES string of the molecule is C=CC(=O)OCCCCCCOc1ccc(CCC(=O)OC2CCC(C(=O)O)CC2)cc1.C=CC(=O)OCCCCCCOc1ccc(CCC(=O)OC2CCC(C(=O)Oc3ccc4c(c3)C(C)c3cc(OC(=O)C5CCC(OC(=O)CCc6ccc(OC(=O)C=C)cc6)CC5)ccc3-4)CC2)cc1.CC1c2cc(O)ccc2-c2ccc(O)cc21.CCCOCCC. The molecule has 0 heterocycles. The summed E-state index contributed by atoms with van der Waals surface area (Å²) >= 11 is 0. The maximum atomic E-state index is 13.3. The van der Waals surface area contributed by atoms with Gasteiger partial charge in [0, 0.05) is 62.5 Å². The number of aromatic hydroxyl groups is 2. The molecule has 0 aliphatic heterocycles. The van der Waals surface area contributed by atoms with Crippen molar-refractivity contribution in [2.45, 2.75) is 238 Å². The predicted molar refractivity (Wildman–Crippen MR) is 478 cm³/mol. The van der Waals surface area contributed by atoms with Crippen molar-refractivity contribution in [1.82, 2.24) is 0 Å². The quantitative estimate of drug-likeness (QED) is 0.0105. The first-order chi connectivity index (χ1) is 61.0. The summed E-state index contributed by atoms with van der Waals surface area (Å²) in [6.07, 6.45) is 21.9. The maximum absolute atomic E-state index is 13.3. The average molecular weight is 1730 g/mol. The number of carbonyl (C=O) groups is 9. The third-order valence-electron chi connectivity index (χ3n) is 23.1. The minimum atomic E-state index is -0.758. The Labute approximate surface area is 740 Å². The first-order valence-electron chi connectivity index (χ1n) is 44.7. The molecule has 674 valence electrons. The van der Waals surface area contributed by atoms with E-state index in [4.69, 9.17) is 57.2 Å². The molecule has 23 heteroatoms. The number of carboxylic acid groups (broad SMARTS) is 1. The van der Waals surface area contributed by atoms with Crippen LogP contribution in [0.4, 0.5) is 0 Å². The molecule has 3 saturated carbocycles. The summed E-state index contributed by atoms with van der Waals surface area (Å²) in [4.78, 5) is 108. The summed E-state index contributed by atoms with van der Waals surface area (Å²) in [7, 11) is 0. The van der Waals surface area contributed by atoms with E-state index in [0.717, 1.165) is 156 Å². The number of esters is 8. The number of benzene rings is 7. The lowest BCUT2D eigenvalue weighted by molar-refractivity contribution is -0.154. The summed E-state index contributed by atoms with van der Waals surface area (Å²) in [5.41, 5.74) is 11.7. The fraction of sp³-hybridized carbons (Fsp3) is 0.447. The molecule has 0 spiro atoms. The normalized spacial score (nSPS) is 17.4. The molecule has 23 nitrogen and oxygen atoms in total. The van der Waals surface area contributed by atoms with Gasteiger partial charge in [0.05, 0.1) is 44.2 Å². The standard InChI is InChI=1S/C58H64O13.C25H34O7.C14H12O2.C6H14O/c1-4-53(59)66-35-9-7-6-8-34-65-43-20-10-39(11-21-43)14-32-55(61)68-45-24-16-41(17-25-45)57(63)70-47-28-30-49-50-31-29-48(37-52(50)38(3)51(49)36-47)71-58(64)42-18-26-46(27-19-42)69-56(62)33-15-40-12-22-44(23-13-40)67-54(60)5-2;1-2-23(26)31-18-6-4-3-5-17-30-21-12-7-19(8-13-21)9-16-24(27)32-22-14-10-20(11-15-22)25(28)29;1-8-13-6-9(15)2-4-11(13)12-5-3-10(16)7-14(8)12;1-3-5-7-6-4-2/h4-5,10-13,20-23,28-31,36-38,41-42,45-46H,1-2,6-9,14-19,24-27,32-35H2,3H3;2,7-8,12-13,20,22H,1,3-6,9-11,14-18H2,(H,28,29);2-8,15-16H,1H3;3-6H2,1-2H3. The van der Waals surface area contributed by atoms with Crippen molar-refractivity contribution in [3.8, 4) is 62.5 Å². The van der Waals surface area contributed by atoms with Crippen LogP contribution in [0.3, 0.4) is 0 Å². The molecule has 0 aromatic heterocycles. The molecule has 126 heavy (non-hydrogen) atoms. The van der Waals surface area contributed by atoms with Crippen molar-refractivity contribution in [2.24, 2.45) is 17.8 Å². The van der Waals surface area contributed by atoms with Gasteiger partial charge in [0.2, 0.25) is 0 Å². The molecule has 12 rings (SSSR count). The molecule has 7 aromatic rings. The number of fused-ring (bicyclic) bond motifs is 6. The van der Waals surface area contributed by atoms with Gasteiger partial charge < -0.3 is 67.4 Å². The van der Waals surface area contributed by atoms with Gasteiger partial charge in [-0.3, -0.25) is 28.8 Å². The number of hydrogen-bond acceptors (Lipinski definition) is 22. The average Bonchev–Trinajstić information content (AvgIpc) is 1.61. The Morgan fingerprint density at radius 1 is 0.349 bits per heavy atom. The predicted octanol–water partition coefficient (Wildman–Crippen LogP) is 20.4. The van der Waals surface area contributed by atoms with Gasteiger partial charge in [0.1, 0.15) is 58.6 Å². The van der Waals surface area contributed by atoms with E-state index in [-0.39, 0.29) is 96.6 Å². The minimum absolute atomic E-state index is 0.0246. The van der Waals surface area contributed by atoms with E-state index in [2.05, 4.69) is 47.4 Å². The zero-order chi connectivity index (χ0) is 90.1. The zero-order valence-electron chi connectivity index (χ0n) is 73.4. The molecule has 0 saturated heterocycles. The van der Waals surface area contributed by atoms with Crippen molar-refractivity contribution < 1.29 is 111 Å². The summed E-state index contributed by atoms with van der Waals surface area (Å²) in [5, 5.41) is 28.0. The van der Waals surface area contributed by atoms with Gasteiger partial charge in [-0.1, -0.05) is 108 Å². The summed E-state index contributed by atoms with van der Waals surface area (Å²) in [6.45, 7) is 22.4. The van der Waals surface area contributed by atoms with E-state index in [1.165, 1.54) is 12.2 Å². The third kappa shape index (κ3) is 32.3. The molecule has 1 atom stereocenters. The van der Waals surface area contributed by atoms with E-state index in [9.17, 15) is 53.4 Å². The second-order valence-electron chi connectivity index (χ2n) is 32.5. The highest BCUT2D eigenvalue weighted by atomic mass is 16.6. The van der Waals surface area contributed by atoms with Gasteiger partial charge in [-0.2, -0.15) is 0 Å². The number of phenols is 2. The lowest BCUT2D eigenvalue weighted by Crippen LogP contribution is -2.30. The molecule has 7 aromatic carbocycles. The lowest BCUT2D eigenvalue weighted by Gasteiger charge is -2.27. The molecule has 1 unspecified atom stereocenters. The van der Waals surface area contributed by atoms with Crippen molar-refractivity contribution in [2.75, 3.05) is 39.6 Å². The first-order valence-corrected chi connectivity index (χ1v) is 44.7. The number of aryl methyl sites for hydroxylation is 3. The molecular weight excluding hydrogens is 1610 g/mol. The Bertz CT molecular complexity index is 4660. The summed E-state index contributed by atoms with van der Waals surface area (Å²) < 4.78 is 60.6. The van der Waals surface area contributed by atoms with Crippen LogP contribution in [-0.2, 0) is 90.8 Å². The van der Waals surface area contributed by atoms with Crippen molar-refractivity contribution in [3.05, 3.63) is 223 Å². The van der Waals surface area contributed by atoms with E-state index in [0.29, 0.717) is 158 Å². The second kappa shape index (κ2) is 52.2. The van der Waals surface area contributed by atoms with Crippen molar-refractivity contribution in [3.63, 3.8) is 0 Å². The number of hydrogen-bond donors (Lipinski definition) is 3. The highest BCUT2D eigenvalue weighted by molar-refractivity contribution is 5.85. The molecule has 5 aliphatic carbocycles. The van der Waals surface area contributed by atoms with Crippen LogP contribution in [0.15, 0.2) is 184 Å². The van der Waals surface area contributed by atoms with E-state index in [1.54, 1.807) is 48.5 Å². The second-order valence-corrected chi connectivity index (χ2v) is 32.5. The fourth-order valence-electron chi connectivity index (χ4n) is 15.9. The van der Waals surface area contributed by atoms with Crippen LogP contribution in [0.25, 0.3) is 22.3 Å². The smallest absolute Gasteiger partial charge is 0.335 e. The van der Waals surface area contributed by atoms with Crippen LogP contribution < -0.4 is 23.7 Å². The molecule has 0 radical (unpaired) electrons. The Kier molecular flexibility index (Phi) is 40.6. The summed E-state index contributed by atoms with van der Waals surface area (Å²) in [5.74, 6) is -0.600. The highest BCUT2D eigenvalue weighted by Crippen LogP contribution is 2.49. The minimum Gasteiger partial charge on any atom is -0.508 e. The van der Waals surface area contributed by atoms with Gasteiger partial charge in [0.25, 0.3) is 0 Å². The van der Waals surface area contributed by atoms with Crippen LogP contribution in [0.2, 0.25) is 0 Å². The zero-order valence-corrected chi connectivity index (χ0v) is 73.4. The van der Waals surface area contributed by atoms with E-state index in [1.807, 2.05) is 97.1 Å². The van der Waals surface area contributed by atoms with Gasteiger partial charge in [-0.25, -0.2) is 14.4 Å². The number of aliphatic carboxylic acids is 1. The first kappa shape index (κ1) is 97.9. The van der Waals surface area contributed by atoms with Crippen molar-refractivity contribution >= 4 is 53.7 Å². The van der Waals surface area contributed by atoms with Gasteiger partial charge >= 0.3 is 53.7 Å². The Morgan fingerprint density at radius 2 is 0.659 bits per heavy atom. The fourth-order valence-corrected chi connectivity index (χ4v) is 15.9. The van der Waals surface area contributed by atoms with Crippen molar-refractivity contribution in [1.29, 1.82) is 0 Å². The van der Waals surface area contributed by atoms with Crippen LogP contribution in [0, 0.1) is 17.8 Å². The van der Waals surface area contributed by atoms with E-state index < -0.39 is 17.9 Å². The maximum Gasteiger partial charge on any atom is 0.335 e. The topological polar surface area (TPSA) is 316 Å². The number of ether oxygens (including phenoxy) is 11. The Hall–Kier alpha value is -11.9. The van der Waals surface area contributed by atoms with Gasteiger partial charge in [0.15, 0.2) is 0 Å². The molecule has 5 aliphatic rings. The molecule has 0 bridgehead atoms. The number of unbranched alkanes of at least 4 members (excludes halogenated alkanes) is 6. The van der Waals surface area contributed by atoms with Crippen LogP contribution >= 0.6 is 0 Å². The van der Waals surface area contributed by atoms with Gasteiger partial charge in [-0.15, -0.1) is 0 Å². The van der Waals surface area contributed by atoms with Crippen LogP contribution in [0.5, 0.6) is 40.2 Å². The number of rotatable bonds is 41. The Morgan fingerprint density at radius 3 is 0.992 bits per heavy atom. The van der Waals surface area contributed by atoms with Crippen LogP contribution in [0.1, 0.15) is 239 Å². The van der Waals surface area contributed by atoms with Crippen LogP contribution in [-0.4, -0.2) is 127 Å².